The Morgan fingerprint density at radius 3 is 2.96 bits per heavy atom. The average Bonchev–Trinajstić information content (AvgIpc) is 2.93. The molecule has 6 heteroatoms. The van der Waals surface area contributed by atoms with Crippen LogP contribution in [0.15, 0.2) is 18.3 Å². The van der Waals surface area contributed by atoms with Crippen LogP contribution in [0.2, 0.25) is 0 Å². The molecule has 1 saturated heterocycles. The maximum absolute atomic E-state index is 12.3. The molecule has 1 fully saturated rings. The summed E-state index contributed by atoms with van der Waals surface area (Å²) in [5.41, 5.74) is 0.481. The number of likely N-dealkylation sites (tertiary alicyclic amines) is 1. The summed E-state index contributed by atoms with van der Waals surface area (Å²) in [7, 11) is 0. The van der Waals surface area contributed by atoms with Gasteiger partial charge in [0.25, 0.3) is 0 Å². The molecule has 128 valence electrons. The minimum atomic E-state index is -0.444. The average molecular weight is 320 g/mol. The zero-order chi connectivity index (χ0) is 16.9. The van der Waals surface area contributed by atoms with Gasteiger partial charge in [0.15, 0.2) is 0 Å². The first-order valence-electron chi connectivity index (χ1n) is 8.35. The molecular formula is C17H28N4O2. The van der Waals surface area contributed by atoms with Gasteiger partial charge < -0.3 is 15.0 Å². The van der Waals surface area contributed by atoms with E-state index >= 15 is 0 Å². The number of amides is 1. The highest BCUT2D eigenvalue weighted by Gasteiger charge is 2.32. The summed E-state index contributed by atoms with van der Waals surface area (Å²) in [6, 6.07) is 4.38. The van der Waals surface area contributed by atoms with Crippen LogP contribution >= 0.6 is 0 Å². The van der Waals surface area contributed by atoms with E-state index in [1.54, 1.807) is 6.20 Å². The Balaban J connectivity index is 1.82. The Morgan fingerprint density at radius 2 is 2.30 bits per heavy atom. The van der Waals surface area contributed by atoms with E-state index in [9.17, 15) is 4.79 Å². The van der Waals surface area contributed by atoms with Crippen LogP contribution in [0, 0.1) is 0 Å². The SMILES string of the molecule is CC(CC1CCCN1C(=O)OC(C)(C)C)NCc1cccnn1. The summed E-state index contributed by atoms with van der Waals surface area (Å²) in [6.07, 6.45) is 4.47. The van der Waals surface area contributed by atoms with Gasteiger partial charge in [-0.2, -0.15) is 10.2 Å². The van der Waals surface area contributed by atoms with Crippen LogP contribution in [-0.2, 0) is 11.3 Å². The quantitative estimate of drug-likeness (QED) is 0.903. The highest BCUT2D eigenvalue weighted by Crippen LogP contribution is 2.24. The van der Waals surface area contributed by atoms with Crippen molar-refractivity contribution in [1.29, 1.82) is 0 Å². The van der Waals surface area contributed by atoms with Gasteiger partial charge in [0, 0.05) is 31.4 Å². The van der Waals surface area contributed by atoms with Crippen molar-refractivity contribution in [2.24, 2.45) is 0 Å². The van der Waals surface area contributed by atoms with Crippen LogP contribution in [0.4, 0.5) is 4.79 Å². The Hall–Kier alpha value is -1.69. The number of hydrogen-bond donors (Lipinski definition) is 1. The second-order valence-electron chi connectivity index (χ2n) is 7.20. The molecular weight excluding hydrogens is 292 g/mol. The number of rotatable bonds is 5. The third-order valence-electron chi connectivity index (χ3n) is 3.89. The number of carbonyl (C=O) groups is 1. The highest BCUT2D eigenvalue weighted by atomic mass is 16.6. The van der Waals surface area contributed by atoms with Gasteiger partial charge in [-0.15, -0.1) is 0 Å². The first-order chi connectivity index (χ1) is 10.8. The summed E-state index contributed by atoms with van der Waals surface area (Å²) in [6.45, 7) is 9.33. The minimum absolute atomic E-state index is 0.193. The number of aromatic nitrogens is 2. The lowest BCUT2D eigenvalue weighted by atomic mass is 10.1. The maximum Gasteiger partial charge on any atom is 0.410 e. The lowest BCUT2D eigenvalue weighted by molar-refractivity contribution is 0.0214. The van der Waals surface area contributed by atoms with Crippen LogP contribution in [0.3, 0.4) is 0 Å². The Bertz CT molecular complexity index is 501. The van der Waals surface area contributed by atoms with Crippen molar-refractivity contribution in [3.8, 4) is 0 Å². The lowest BCUT2D eigenvalue weighted by Crippen LogP contribution is -2.42. The van der Waals surface area contributed by atoms with Gasteiger partial charge >= 0.3 is 6.09 Å². The van der Waals surface area contributed by atoms with E-state index in [1.165, 1.54) is 0 Å². The Morgan fingerprint density at radius 1 is 1.52 bits per heavy atom. The second kappa shape index (κ2) is 7.73. The maximum atomic E-state index is 12.3. The summed E-state index contributed by atoms with van der Waals surface area (Å²) >= 11 is 0. The molecule has 2 atom stereocenters. The number of nitrogens with one attached hydrogen (secondary N) is 1. The molecule has 1 aromatic heterocycles. The van der Waals surface area contributed by atoms with Crippen LogP contribution in [0.1, 0.15) is 52.7 Å². The summed E-state index contributed by atoms with van der Waals surface area (Å²) in [5.74, 6) is 0. The molecule has 1 aliphatic heterocycles. The van der Waals surface area contributed by atoms with Gasteiger partial charge in [0.05, 0.1) is 5.69 Å². The molecule has 1 aliphatic rings. The monoisotopic (exact) mass is 320 g/mol. The second-order valence-corrected chi connectivity index (χ2v) is 7.20. The minimum Gasteiger partial charge on any atom is -0.444 e. The number of ether oxygens (including phenoxy) is 1. The normalized spacial score (nSPS) is 19.7. The van der Waals surface area contributed by atoms with Gasteiger partial charge in [0.2, 0.25) is 0 Å². The van der Waals surface area contributed by atoms with E-state index in [0.717, 1.165) is 31.5 Å². The van der Waals surface area contributed by atoms with Gasteiger partial charge in [0.1, 0.15) is 5.60 Å². The molecule has 2 rings (SSSR count). The molecule has 1 amide bonds. The Kier molecular flexibility index (Phi) is 5.93. The van der Waals surface area contributed by atoms with Gasteiger partial charge in [-0.05, 0) is 59.1 Å². The first kappa shape index (κ1) is 17.7. The molecule has 23 heavy (non-hydrogen) atoms. The molecule has 1 aromatic rings. The highest BCUT2D eigenvalue weighted by molar-refractivity contribution is 5.68. The fourth-order valence-electron chi connectivity index (χ4n) is 2.84. The molecule has 0 aliphatic carbocycles. The summed E-state index contributed by atoms with van der Waals surface area (Å²) < 4.78 is 5.51. The van der Waals surface area contributed by atoms with Crippen LogP contribution < -0.4 is 5.32 Å². The zero-order valence-corrected chi connectivity index (χ0v) is 14.6. The number of hydrogen-bond acceptors (Lipinski definition) is 5. The van der Waals surface area contributed by atoms with Gasteiger partial charge in [-0.3, -0.25) is 0 Å². The van der Waals surface area contributed by atoms with Gasteiger partial charge in [-0.25, -0.2) is 4.79 Å². The van der Waals surface area contributed by atoms with E-state index in [0.29, 0.717) is 12.6 Å². The first-order valence-corrected chi connectivity index (χ1v) is 8.35. The van der Waals surface area contributed by atoms with Crippen LogP contribution in [0.5, 0.6) is 0 Å². The van der Waals surface area contributed by atoms with E-state index in [1.807, 2.05) is 37.8 Å². The third kappa shape index (κ3) is 5.78. The lowest BCUT2D eigenvalue weighted by Gasteiger charge is -2.30. The third-order valence-corrected chi connectivity index (χ3v) is 3.89. The largest absolute Gasteiger partial charge is 0.444 e. The van der Waals surface area contributed by atoms with E-state index in [-0.39, 0.29) is 12.1 Å². The van der Waals surface area contributed by atoms with Crippen LogP contribution in [0.25, 0.3) is 0 Å². The molecule has 0 bridgehead atoms. The van der Waals surface area contributed by atoms with Crippen molar-refractivity contribution in [3.63, 3.8) is 0 Å². The molecule has 6 nitrogen and oxygen atoms in total. The molecule has 0 spiro atoms. The van der Waals surface area contributed by atoms with Crippen molar-refractivity contribution in [3.05, 3.63) is 24.0 Å². The van der Waals surface area contributed by atoms with Crippen molar-refractivity contribution < 1.29 is 9.53 Å². The van der Waals surface area contributed by atoms with E-state index in [2.05, 4.69) is 22.4 Å². The van der Waals surface area contributed by atoms with E-state index < -0.39 is 5.60 Å². The smallest absolute Gasteiger partial charge is 0.410 e. The molecule has 0 saturated carbocycles. The standard InChI is InChI=1S/C17H28N4O2/c1-13(18-12-14-7-5-9-19-20-14)11-15-8-6-10-21(15)16(22)23-17(2,3)4/h5,7,9,13,15,18H,6,8,10-12H2,1-4H3. The molecule has 0 radical (unpaired) electrons. The summed E-state index contributed by atoms with van der Waals surface area (Å²) in [4.78, 5) is 14.2. The van der Waals surface area contributed by atoms with E-state index in [4.69, 9.17) is 4.74 Å². The fourth-order valence-corrected chi connectivity index (χ4v) is 2.84. The Labute approximate surface area is 138 Å². The predicted molar refractivity (Wildman–Crippen MR) is 88.9 cm³/mol. The van der Waals surface area contributed by atoms with Crippen molar-refractivity contribution in [2.75, 3.05) is 6.54 Å². The molecule has 0 aromatic carbocycles. The zero-order valence-electron chi connectivity index (χ0n) is 14.6. The summed E-state index contributed by atoms with van der Waals surface area (Å²) in [5, 5.41) is 11.4. The predicted octanol–water partition coefficient (Wildman–Crippen LogP) is 2.74. The fraction of sp³-hybridized carbons (Fsp3) is 0.706. The topological polar surface area (TPSA) is 67.3 Å². The molecule has 2 heterocycles. The number of carbonyl (C=O) groups excluding carboxylic acids is 1. The van der Waals surface area contributed by atoms with Crippen LogP contribution in [-0.4, -0.2) is 45.4 Å². The van der Waals surface area contributed by atoms with Crippen molar-refractivity contribution in [2.45, 2.75) is 71.2 Å². The molecule has 1 N–H and O–H groups in total. The van der Waals surface area contributed by atoms with Gasteiger partial charge in [-0.1, -0.05) is 0 Å². The van der Waals surface area contributed by atoms with Crippen molar-refractivity contribution in [1.82, 2.24) is 20.4 Å². The van der Waals surface area contributed by atoms with Crippen molar-refractivity contribution >= 4 is 6.09 Å². The number of nitrogens with zero attached hydrogens (tertiary/aromatic N) is 3. The molecule has 2 unspecified atom stereocenters.